The van der Waals surface area contributed by atoms with Gasteiger partial charge in [0.2, 0.25) is 0 Å². The van der Waals surface area contributed by atoms with E-state index in [9.17, 15) is 21.6 Å². The third-order valence-electron chi connectivity index (χ3n) is 3.76. The van der Waals surface area contributed by atoms with Crippen molar-refractivity contribution >= 4 is 15.7 Å². The lowest BCUT2D eigenvalue weighted by atomic mass is 10.1. The number of hydrogen-bond donors (Lipinski definition) is 1. The van der Waals surface area contributed by atoms with Crippen LogP contribution in [0.5, 0.6) is 11.5 Å². The molecule has 0 fully saturated rings. The maximum absolute atomic E-state index is 13.5. The summed E-state index contributed by atoms with van der Waals surface area (Å²) in [6.07, 6.45) is -4.81. The lowest BCUT2D eigenvalue weighted by Crippen LogP contribution is -2.18. The Morgan fingerprint density at radius 2 is 1.71 bits per heavy atom. The number of aromatic nitrogens is 1. The highest BCUT2D eigenvalue weighted by Gasteiger charge is 2.36. The molecule has 0 atom stereocenters. The first kappa shape index (κ1) is 19.7. The highest BCUT2D eigenvalue weighted by Crippen LogP contribution is 2.39. The summed E-state index contributed by atoms with van der Waals surface area (Å²) in [5, 5.41) is 3.52. The summed E-state index contributed by atoms with van der Waals surface area (Å²) in [5.74, 6) is 0.237. The van der Waals surface area contributed by atoms with E-state index < -0.39 is 27.5 Å². The number of sulfonamides is 1. The van der Waals surface area contributed by atoms with Crippen molar-refractivity contribution in [2.24, 2.45) is 0 Å². The van der Waals surface area contributed by atoms with Gasteiger partial charge in [-0.3, -0.25) is 4.72 Å². The number of nitrogens with one attached hydrogen (secondary N) is 1. The van der Waals surface area contributed by atoms with Gasteiger partial charge in [0.15, 0.2) is 10.7 Å². The summed E-state index contributed by atoms with van der Waals surface area (Å²) in [6, 6.07) is 11.2. The molecule has 1 aromatic heterocycles. The number of ether oxygens (including phenoxy) is 1. The van der Waals surface area contributed by atoms with E-state index in [1.807, 2.05) is 4.72 Å². The van der Waals surface area contributed by atoms with Gasteiger partial charge in [-0.25, -0.2) is 8.42 Å². The first-order valence-corrected chi connectivity index (χ1v) is 9.46. The molecule has 3 aromatic rings. The van der Waals surface area contributed by atoms with Crippen LogP contribution in [0.4, 0.5) is 18.9 Å². The minimum atomic E-state index is -4.81. The van der Waals surface area contributed by atoms with Crippen LogP contribution in [-0.4, -0.2) is 13.6 Å². The van der Waals surface area contributed by atoms with Gasteiger partial charge in [-0.2, -0.15) is 13.2 Å². The van der Waals surface area contributed by atoms with E-state index in [4.69, 9.17) is 9.26 Å². The number of nitrogens with zero attached hydrogens (tertiary/aromatic N) is 1. The highest BCUT2D eigenvalue weighted by atomic mass is 32.2. The van der Waals surface area contributed by atoms with Gasteiger partial charge in [0, 0.05) is 0 Å². The minimum absolute atomic E-state index is 0.0254. The van der Waals surface area contributed by atoms with Crippen LogP contribution in [-0.2, 0) is 16.2 Å². The number of alkyl halides is 3. The third kappa shape index (κ3) is 4.11. The SMILES string of the molecule is Cc1noc(C)c1S(=O)(=O)Nc1ccc(Oc2ccccc2)cc1C(F)(F)F. The molecule has 0 saturated carbocycles. The van der Waals surface area contributed by atoms with Crippen molar-refractivity contribution in [2.75, 3.05) is 4.72 Å². The van der Waals surface area contributed by atoms with Crippen molar-refractivity contribution in [3.63, 3.8) is 0 Å². The molecular formula is C18H15F3N2O4S. The van der Waals surface area contributed by atoms with Crippen molar-refractivity contribution in [1.82, 2.24) is 5.16 Å². The van der Waals surface area contributed by atoms with Crippen molar-refractivity contribution in [3.05, 3.63) is 65.5 Å². The molecule has 10 heteroatoms. The van der Waals surface area contributed by atoms with Crippen molar-refractivity contribution in [2.45, 2.75) is 24.9 Å². The summed E-state index contributed by atoms with van der Waals surface area (Å²) in [7, 11) is -4.33. The van der Waals surface area contributed by atoms with Gasteiger partial charge in [0.05, 0.1) is 11.3 Å². The zero-order valence-electron chi connectivity index (χ0n) is 14.7. The molecule has 0 bridgehead atoms. The fourth-order valence-corrected chi connectivity index (χ4v) is 4.00. The average Bonchev–Trinajstić information content (AvgIpc) is 2.95. The first-order valence-electron chi connectivity index (χ1n) is 7.98. The molecule has 28 heavy (non-hydrogen) atoms. The quantitative estimate of drug-likeness (QED) is 0.644. The molecule has 1 N–H and O–H groups in total. The zero-order valence-corrected chi connectivity index (χ0v) is 15.6. The molecule has 3 rings (SSSR count). The van der Waals surface area contributed by atoms with Crippen LogP contribution >= 0.6 is 0 Å². The second-order valence-corrected chi connectivity index (χ2v) is 7.50. The average molecular weight is 412 g/mol. The van der Waals surface area contributed by atoms with Crippen LogP contribution in [0.25, 0.3) is 0 Å². The maximum Gasteiger partial charge on any atom is 0.418 e. The van der Waals surface area contributed by atoms with E-state index in [1.54, 1.807) is 30.3 Å². The summed E-state index contributed by atoms with van der Waals surface area (Å²) >= 11 is 0. The Labute approximate surface area is 159 Å². The molecule has 0 amide bonds. The molecule has 1 heterocycles. The monoisotopic (exact) mass is 412 g/mol. The molecule has 6 nitrogen and oxygen atoms in total. The first-order chi connectivity index (χ1) is 13.1. The Kier molecular flexibility index (Phi) is 5.07. The Morgan fingerprint density at radius 1 is 1.04 bits per heavy atom. The molecule has 0 spiro atoms. The van der Waals surface area contributed by atoms with Gasteiger partial charge in [-0.05, 0) is 44.2 Å². The van der Waals surface area contributed by atoms with E-state index in [0.29, 0.717) is 5.75 Å². The standard InChI is InChI=1S/C18H15F3N2O4S/c1-11-17(12(2)27-22-11)28(24,25)23-16-9-8-14(10-15(16)18(19,20)21)26-13-6-4-3-5-7-13/h3-10,23H,1-2H3. The number of aryl methyl sites for hydroxylation is 2. The minimum Gasteiger partial charge on any atom is -0.457 e. The molecule has 0 unspecified atom stereocenters. The Balaban J connectivity index is 1.99. The number of para-hydroxylation sites is 1. The normalized spacial score (nSPS) is 12.0. The zero-order chi connectivity index (χ0) is 20.5. The summed E-state index contributed by atoms with van der Waals surface area (Å²) < 4.78 is 77.8. The number of rotatable bonds is 5. The van der Waals surface area contributed by atoms with Gasteiger partial charge < -0.3 is 9.26 Å². The lowest BCUT2D eigenvalue weighted by molar-refractivity contribution is -0.137. The van der Waals surface area contributed by atoms with Crippen LogP contribution in [0.1, 0.15) is 17.0 Å². The van der Waals surface area contributed by atoms with E-state index in [2.05, 4.69) is 5.16 Å². The van der Waals surface area contributed by atoms with Gasteiger partial charge >= 0.3 is 6.18 Å². The van der Waals surface area contributed by atoms with Gasteiger partial charge in [0.25, 0.3) is 10.0 Å². The molecule has 2 aromatic carbocycles. The van der Waals surface area contributed by atoms with E-state index in [0.717, 1.165) is 12.1 Å². The van der Waals surface area contributed by atoms with Crippen LogP contribution in [0.2, 0.25) is 0 Å². The Hall–Kier alpha value is -3.01. The largest absolute Gasteiger partial charge is 0.457 e. The highest BCUT2D eigenvalue weighted by molar-refractivity contribution is 7.92. The van der Waals surface area contributed by atoms with Crippen LogP contribution < -0.4 is 9.46 Å². The lowest BCUT2D eigenvalue weighted by Gasteiger charge is -2.16. The molecule has 148 valence electrons. The molecule has 0 aliphatic carbocycles. The molecular weight excluding hydrogens is 397 g/mol. The van der Waals surface area contributed by atoms with Crippen molar-refractivity contribution in [1.29, 1.82) is 0 Å². The van der Waals surface area contributed by atoms with Crippen LogP contribution in [0.3, 0.4) is 0 Å². The number of benzene rings is 2. The van der Waals surface area contributed by atoms with Gasteiger partial charge in [0.1, 0.15) is 17.2 Å². The third-order valence-corrected chi connectivity index (χ3v) is 5.37. The van der Waals surface area contributed by atoms with Crippen LogP contribution in [0.15, 0.2) is 57.9 Å². The van der Waals surface area contributed by atoms with Crippen molar-refractivity contribution in [3.8, 4) is 11.5 Å². The van der Waals surface area contributed by atoms with Crippen LogP contribution in [0, 0.1) is 13.8 Å². The number of halogens is 3. The summed E-state index contributed by atoms with van der Waals surface area (Å²) in [5.41, 5.74) is -1.77. The maximum atomic E-state index is 13.5. The second-order valence-electron chi connectivity index (χ2n) is 5.88. The molecule has 0 aliphatic heterocycles. The number of hydrogen-bond acceptors (Lipinski definition) is 5. The number of anilines is 1. The van der Waals surface area contributed by atoms with E-state index in [1.165, 1.54) is 19.9 Å². The second kappa shape index (κ2) is 7.19. The molecule has 0 aliphatic rings. The van der Waals surface area contributed by atoms with E-state index >= 15 is 0 Å². The van der Waals surface area contributed by atoms with E-state index in [-0.39, 0.29) is 22.1 Å². The van der Waals surface area contributed by atoms with Crippen molar-refractivity contribution < 1.29 is 30.8 Å². The predicted molar refractivity (Wildman–Crippen MR) is 94.7 cm³/mol. The van der Waals surface area contributed by atoms with Gasteiger partial charge in [-0.1, -0.05) is 23.4 Å². The Morgan fingerprint density at radius 3 is 2.29 bits per heavy atom. The Bertz CT molecular complexity index is 1070. The topological polar surface area (TPSA) is 81.4 Å². The fraction of sp³-hybridized carbons (Fsp3) is 0.167. The van der Waals surface area contributed by atoms with Gasteiger partial charge in [-0.15, -0.1) is 0 Å². The summed E-state index contributed by atoms with van der Waals surface area (Å²) in [6.45, 7) is 2.74. The molecule has 0 saturated heterocycles. The fourth-order valence-electron chi connectivity index (χ4n) is 2.59. The summed E-state index contributed by atoms with van der Waals surface area (Å²) in [4.78, 5) is -0.301. The predicted octanol–water partition coefficient (Wildman–Crippen LogP) is 4.90. The molecule has 0 radical (unpaired) electrons. The smallest absolute Gasteiger partial charge is 0.418 e.